The van der Waals surface area contributed by atoms with E-state index < -0.39 is 5.97 Å². The molecule has 1 aliphatic carbocycles. The maximum Gasteiger partial charge on any atom is 0.306 e. The molecule has 3 rings (SSSR count). The summed E-state index contributed by atoms with van der Waals surface area (Å²) in [5.74, 6) is 0.636. The maximum absolute atomic E-state index is 11.4. The highest BCUT2D eigenvalue weighted by atomic mass is 32.2. The van der Waals surface area contributed by atoms with Crippen LogP contribution in [-0.2, 0) is 16.1 Å². The van der Waals surface area contributed by atoms with Crippen LogP contribution in [0, 0.1) is 11.8 Å². The molecule has 124 valence electrons. The minimum Gasteiger partial charge on any atom is -0.481 e. The Morgan fingerprint density at radius 2 is 2.30 bits per heavy atom. The van der Waals surface area contributed by atoms with Crippen LogP contribution in [0.1, 0.15) is 31.4 Å². The van der Waals surface area contributed by atoms with Crippen LogP contribution in [0.4, 0.5) is 5.82 Å². The summed E-state index contributed by atoms with van der Waals surface area (Å²) in [4.78, 5) is 28.0. The van der Waals surface area contributed by atoms with Crippen molar-refractivity contribution >= 4 is 29.5 Å². The van der Waals surface area contributed by atoms with Crippen LogP contribution in [0.25, 0.3) is 0 Å². The summed E-state index contributed by atoms with van der Waals surface area (Å²) in [7, 11) is 0. The Labute approximate surface area is 139 Å². The van der Waals surface area contributed by atoms with Crippen molar-refractivity contribution in [3.63, 3.8) is 0 Å². The van der Waals surface area contributed by atoms with Crippen LogP contribution in [0.2, 0.25) is 0 Å². The standard InChI is InChI=1S/C16H21N3O3S/c20-14-9-23-13-5-4-12(18-15(13)19-14)8-17-7-10-2-1-3-11(6-10)16(21)22/h4-5,10-11,17H,1-3,6-9H2,(H,21,22)(H,18,19,20)/t10-,11+/m0/s1. The van der Waals surface area contributed by atoms with Gasteiger partial charge < -0.3 is 15.7 Å². The fourth-order valence-electron chi connectivity index (χ4n) is 3.21. The summed E-state index contributed by atoms with van der Waals surface area (Å²) in [6, 6.07) is 3.96. The minimum absolute atomic E-state index is 0.0120. The van der Waals surface area contributed by atoms with E-state index in [1.807, 2.05) is 12.1 Å². The lowest BCUT2D eigenvalue weighted by molar-refractivity contribution is -0.143. The number of thioether (sulfide) groups is 1. The second kappa shape index (κ2) is 7.31. The van der Waals surface area contributed by atoms with Gasteiger partial charge in [-0.3, -0.25) is 9.59 Å². The highest BCUT2D eigenvalue weighted by Gasteiger charge is 2.26. The Morgan fingerprint density at radius 1 is 1.43 bits per heavy atom. The van der Waals surface area contributed by atoms with Crippen molar-refractivity contribution in [2.75, 3.05) is 17.6 Å². The largest absolute Gasteiger partial charge is 0.481 e. The molecule has 0 aromatic carbocycles. The van der Waals surface area contributed by atoms with E-state index in [0.29, 0.717) is 24.0 Å². The van der Waals surface area contributed by atoms with Crippen LogP contribution >= 0.6 is 11.8 Å². The molecule has 1 aromatic heterocycles. The molecule has 6 nitrogen and oxygen atoms in total. The summed E-state index contributed by atoms with van der Waals surface area (Å²) in [5.41, 5.74) is 0.886. The summed E-state index contributed by atoms with van der Waals surface area (Å²) in [5, 5.41) is 15.3. The smallest absolute Gasteiger partial charge is 0.306 e. The third kappa shape index (κ3) is 4.23. The van der Waals surface area contributed by atoms with Gasteiger partial charge in [0, 0.05) is 6.54 Å². The van der Waals surface area contributed by atoms with Crippen molar-refractivity contribution in [1.29, 1.82) is 0 Å². The lowest BCUT2D eigenvalue weighted by atomic mass is 9.81. The van der Waals surface area contributed by atoms with Gasteiger partial charge in [0.25, 0.3) is 0 Å². The van der Waals surface area contributed by atoms with Gasteiger partial charge in [-0.05, 0) is 43.9 Å². The second-order valence-electron chi connectivity index (χ2n) is 6.18. The molecular weight excluding hydrogens is 314 g/mol. The first kappa shape index (κ1) is 16.3. The number of hydrogen-bond acceptors (Lipinski definition) is 5. The first-order chi connectivity index (χ1) is 11.1. The number of amides is 1. The highest BCUT2D eigenvalue weighted by molar-refractivity contribution is 8.00. The van der Waals surface area contributed by atoms with Gasteiger partial charge in [-0.2, -0.15) is 0 Å². The van der Waals surface area contributed by atoms with E-state index in [-0.39, 0.29) is 11.8 Å². The van der Waals surface area contributed by atoms with Gasteiger partial charge in [0.2, 0.25) is 5.91 Å². The van der Waals surface area contributed by atoms with Crippen molar-refractivity contribution in [1.82, 2.24) is 10.3 Å². The topological polar surface area (TPSA) is 91.3 Å². The molecule has 2 heterocycles. The van der Waals surface area contributed by atoms with Gasteiger partial charge in [-0.25, -0.2) is 4.98 Å². The Bertz CT molecular complexity index is 608. The summed E-state index contributed by atoms with van der Waals surface area (Å²) in [6.07, 6.45) is 3.63. The Kier molecular flexibility index (Phi) is 5.17. The van der Waals surface area contributed by atoms with E-state index >= 15 is 0 Å². The van der Waals surface area contributed by atoms with Crippen LogP contribution in [0.3, 0.4) is 0 Å². The number of carboxylic acid groups (broad SMARTS) is 1. The van der Waals surface area contributed by atoms with Gasteiger partial charge >= 0.3 is 5.97 Å². The van der Waals surface area contributed by atoms with Crippen LogP contribution in [-0.4, -0.2) is 34.3 Å². The van der Waals surface area contributed by atoms with E-state index in [1.54, 1.807) is 0 Å². The molecule has 7 heteroatoms. The number of carbonyl (C=O) groups is 2. The fourth-order valence-corrected chi connectivity index (χ4v) is 3.96. The van der Waals surface area contributed by atoms with Gasteiger partial charge in [-0.15, -0.1) is 11.8 Å². The number of anilines is 1. The number of nitrogens with one attached hydrogen (secondary N) is 2. The molecule has 1 fully saturated rings. The zero-order chi connectivity index (χ0) is 16.2. The molecule has 1 aromatic rings. The van der Waals surface area contributed by atoms with E-state index in [1.165, 1.54) is 11.8 Å². The molecule has 1 saturated carbocycles. The first-order valence-electron chi connectivity index (χ1n) is 7.98. The molecule has 0 saturated heterocycles. The number of nitrogens with zero attached hydrogens (tertiary/aromatic N) is 1. The van der Waals surface area contributed by atoms with Crippen molar-refractivity contribution in [3.8, 4) is 0 Å². The number of aromatic nitrogens is 1. The molecule has 0 unspecified atom stereocenters. The lowest BCUT2D eigenvalue weighted by Crippen LogP contribution is -2.30. The first-order valence-corrected chi connectivity index (χ1v) is 8.96. The third-order valence-electron chi connectivity index (χ3n) is 4.40. The average Bonchev–Trinajstić information content (AvgIpc) is 2.54. The highest BCUT2D eigenvalue weighted by Crippen LogP contribution is 2.30. The molecule has 0 bridgehead atoms. The number of carbonyl (C=O) groups excluding carboxylic acids is 1. The molecule has 23 heavy (non-hydrogen) atoms. The number of carboxylic acids is 1. The SMILES string of the molecule is O=C1CSc2ccc(CNC[C@H]3CCC[C@@H](C(=O)O)C3)nc2N1. The minimum atomic E-state index is -0.667. The lowest BCUT2D eigenvalue weighted by Gasteiger charge is -2.26. The Balaban J connectivity index is 1.50. The normalized spacial score (nSPS) is 23.9. The quantitative estimate of drug-likeness (QED) is 0.763. The van der Waals surface area contributed by atoms with Crippen LogP contribution < -0.4 is 10.6 Å². The maximum atomic E-state index is 11.4. The molecule has 2 aliphatic rings. The summed E-state index contributed by atoms with van der Waals surface area (Å²) in [6.45, 7) is 1.44. The monoisotopic (exact) mass is 335 g/mol. The molecule has 0 radical (unpaired) electrons. The van der Waals surface area contributed by atoms with Gasteiger partial charge in [-0.1, -0.05) is 6.42 Å². The van der Waals surface area contributed by atoms with Crippen molar-refractivity contribution in [3.05, 3.63) is 17.8 Å². The Morgan fingerprint density at radius 3 is 3.13 bits per heavy atom. The van der Waals surface area contributed by atoms with E-state index in [2.05, 4.69) is 15.6 Å². The predicted octanol–water partition coefficient (Wildman–Crippen LogP) is 2.11. The van der Waals surface area contributed by atoms with Crippen molar-refractivity contribution in [2.45, 2.75) is 37.1 Å². The zero-order valence-corrected chi connectivity index (χ0v) is 13.7. The van der Waals surface area contributed by atoms with Crippen LogP contribution in [0.5, 0.6) is 0 Å². The van der Waals surface area contributed by atoms with E-state index in [0.717, 1.165) is 42.8 Å². The fraction of sp³-hybridized carbons (Fsp3) is 0.562. The average molecular weight is 335 g/mol. The summed E-state index contributed by atoms with van der Waals surface area (Å²) >= 11 is 1.50. The molecule has 1 amide bonds. The molecule has 3 N–H and O–H groups in total. The molecule has 1 aliphatic heterocycles. The zero-order valence-electron chi connectivity index (χ0n) is 12.9. The number of pyridine rings is 1. The predicted molar refractivity (Wildman–Crippen MR) is 88.4 cm³/mol. The van der Waals surface area contributed by atoms with Crippen molar-refractivity contribution < 1.29 is 14.7 Å². The van der Waals surface area contributed by atoms with E-state index in [4.69, 9.17) is 5.11 Å². The van der Waals surface area contributed by atoms with Crippen molar-refractivity contribution in [2.24, 2.45) is 11.8 Å². The molecule has 2 atom stereocenters. The summed E-state index contributed by atoms with van der Waals surface area (Å²) < 4.78 is 0. The molecular formula is C16H21N3O3S. The Hall–Kier alpha value is -1.60. The molecule has 0 spiro atoms. The van der Waals surface area contributed by atoms with Crippen LogP contribution in [0.15, 0.2) is 17.0 Å². The number of aliphatic carboxylic acids is 1. The van der Waals surface area contributed by atoms with E-state index in [9.17, 15) is 9.59 Å². The van der Waals surface area contributed by atoms with Gasteiger partial charge in [0.15, 0.2) is 0 Å². The number of hydrogen-bond donors (Lipinski definition) is 3. The van der Waals surface area contributed by atoms with Gasteiger partial charge in [0.1, 0.15) is 5.82 Å². The number of fused-ring (bicyclic) bond motifs is 1. The van der Waals surface area contributed by atoms with Gasteiger partial charge in [0.05, 0.1) is 22.3 Å². The number of rotatable bonds is 5. The second-order valence-corrected chi connectivity index (χ2v) is 7.20. The third-order valence-corrected chi connectivity index (χ3v) is 5.45.